The summed E-state index contributed by atoms with van der Waals surface area (Å²) < 4.78 is 0. The summed E-state index contributed by atoms with van der Waals surface area (Å²) in [6.45, 7) is 3.58. The molecule has 0 aromatic heterocycles. The number of carbonyl (C=O) groups excluding carboxylic acids is 1. The molecule has 0 radical (unpaired) electrons. The van der Waals surface area contributed by atoms with Crippen LogP contribution in [0.25, 0.3) is 0 Å². The zero-order chi connectivity index (χ0) is 12.4. The third-order valence-corrected chi connectivity index (χ3v) is 2.53. The fourth-order valence-electron chi connectivity index (χ4n) is 1.57. The summed E-state index contributed by atoms with van der Waals surface area (Å²) in [4.78, 5) is 21.5. The molecule has 0 fully saturated rings. The Balaban J connectivity index is 3.76. The first-order valence-electron chi connectivity index (χ1n) is 5.97. The topological polar surface area (TPSA) is 54.4 Å². The molecular weight excluding hydrogens is 204 g/mol. The Morgan fingerprint density at radius 2 is 1.88 bits per heavy atom. The van der Waals surface area contributed by atoms with Crippen molar-refractivity contribution in [1.82, 2.24) is 0 Å². The Morgan fingerprint density at radius 1 is 1.25 bits per heavy atom. The summed E-state index contributed by atoms with van der Waals surface area (Å²) in [7, 11) is 0. The van der Waals surface area contributed by atoms with E-state index in [2.05, 4.69) is 6.92 Å². The highest BCUT2D eigenvalue weighted by Crippen LogP contribution is 2.16. The number of ketones is 1. The summed E-state index contributed by atoms with van der Waals surface area (Å²) >= 11 is 0. The Hall–Kier alpha value is -1.12. The van der Waals surface area contributed by atoms with Gasteiger partial charge in [-0.2, -0.15) is 0 Å². The van der Waals surface area contributed by atoms with E-state index in [9.17, 15) is 9.59 Å². The van der Waals surface area contributed by atoms with Crippen LogP contribution in [-0.4, -0.2) is 16.9 Å². The maximum Gasteiger partial charge on any atom is 0.306 e. The molecule has 0 aliphatic carbocycles. The maximum absolute atomic E-state index is 10.9. The Labute approximate surface area is 97.5 Å². The van der Waals surface area contributed by atoms with Gasteiger partial charge in [-0.15, -0.1) is 0 Å². The fraction of sp³-hybridized carbons (Fsp3) is 0.692. The lowest BCUT2D eigenvalue weighted by atomic mass is 9.96. The van der Waals surface area contributed by atoms with Crippen molar-refractivity contribution in [3.8, 4) is 0 Å². The van der Waals surface area contributed by atoms with Crippen LogP contribution in [-0.2, 0) is 9.59 Å². The number of hydrogen-bond donors (Lipinski definition) is 1. The molecule has 0 spiro atoms. The van der Waals surface area contributed by atoms with Gasteiger partial charge in [0.15, 0.2) is 5.78 Å². The lowest BCUT2D eigenvalue weighted by Gasteiger charge is -2.10. The highest BCUT2D eigenvalue weighted by Gasteiger charge is 2.15. The fourth-order valence-corrected chi connectivity index (χ4v) is 1.57. The number of rotatable bonds is 9. The molecule has 0 heterocycles. The molecule has 0 aliphatic heterocycles. The number of allylic oxidation sites excluding steroid dienone is 2. The van der Waals surface area contributed by atoms with Gasteiger partial charge in [-0.1, -0.05) is 25.8 Å². The molecular formula is C13H22O3. The van der Waals surface area contributed by atoms with Crippen molar-refractivity contribution < 1.29 is 14.7 Å². The van der Waals surface area contributed by atoms with E-state index >= 15 is 0 Å². The summed E-state index contributed by atoms with van der Waals surface area (Å²) in [5.74, 6) is -0.865. The van der Waals surface area contributed by atoms with E-state index in [1.165, 1.54) is 6.92 Å². The number of carbonyl (C=O) groups is 2. The van der Waals surface area contributed by atoms with Crippen molar-refractivity contribution in [2.75, 3.05) is 0 Å². The van der Waals surface area contributed by atoms with Crippen LogP contribution in [0, 0.1) is 5.92 Å². The first kappa shape index (κ1) is 14.9. The van der Waals surface area contributed by atoms with Gasteiger partial charge in [0.25, 0.3) is 0 Å². The van der Waals surface area contributed by atoms with Crippen LogP contribution in [0.3, 0.4) is 0 Å². The van der Waals surface area contributed by atoms with Crippen LogP contribution in [0.5, 0.6) is 0 Å². The molecule has 0 aromatic rings. The second-order valence-corrected chi connectivity index (χ2v) is 4.12. The number of aliphatic carboxylic acids is 1. The van der Waals surface area contributed by atoms with E-state index in [1.807, 2.05) is 6.08 Å². The first-order chi connectivity index (χ1) is 7.57. The number of carboxylic acids is 1. The van der Waals surface area contributed by atoms with Gasteiger partial charge in [0.1, 0.15) is 0 Å². The largest absolute Gasteiger partial charge is 0.481 e. The highest BCUT2D eigenvalue weighted by molar-refractivity contribution is 5.87. The van der Waals surface area contributed by atoms with Crippen molar-refractivity contribution >= 4 is 11.8 Å². The smallest absolute Gasteiger partial charge is 0.306 e. The van der Waals surface area contributed by atoms with Gasteiger partial charge >= 0.3 is 5.97 Å². The highest BCUT2D eigenvalue weighted by atomic mass is 16.4. The van der Waals surface area contributed by atoms with Gasteiger partial charge in [0.2, 0.25) is 0 Å². The van der Waals surface area contributed by atoms with Crippen molar-refractivity contribution in [1.29, 1.82) is 0 Å². The van der Waals surface area contributed by atoms with Gasteiger partial charge in [-0.3, -0.25) is 9.59 Å². The quantitative estimate of drug-likeness (QED) is 0.485. The second-order valence-electron chi connectivity index (χ2n) is 4.12. The van der Waals surface area contributed by atoms with E-state index in [4.69, 9.17) is 5.11 Å². The van der Waals surface area contributed by atoms with E-state index < -0.39 is 5.97 Å². The number of carboxylic acid groups (broad SMARTS) is 1. The zero-order valence-corrected chi connectivity index (χ0v) is 10.2. The predicted molar refractivity (Wildman–Crippen MR) is 64.3 cm³/mol. The van der Waals surface area contributed by atoms with Crippen molar-refractivity contribution in [2.45, 2.75) is 52.4 Å². The van der Waals surface area contributed by atoms with Gasteiger partial charge in [0, 0.05) is 0 Å². The standard InChI is InChI=1S/C13H22O3/c1-3-4-9-12(13(15)16)10-7-5-6-8-11(2)14/h6,8,12H,3-5,7,9-10H2,1-2H3,(H,15,16). The summed E-state index contributed by atoms with van der Waals surface area (Å²) in [6.07, 6.45) is 8.47. The van der Waals surface area contributed by atoms with E-state index in [1.54, 1.807) is 6.08 Å². The van der Waals surface area contributed by atoms with Crippen molar-refractivity contribution in [3.05, 3.63) is 12.2 Å². The SMILES string of the molecule is CCCCC(CCCC=CC(C)=O)C(=O)O. The molecule has 1 atom stereocenters. The molecule has 3 heteroatoms. The molecule has 1 unspecified atom stereocenters. The van der Waals surface area contributed by atoms with Crippen LogP contribution >= 0.6 is 0 Å². The lowest BCUT2D eigenvalue weighted by Crippen LogP contribution is -2.13. The second kappa shape index (κ2) is 9.13. The van der Waals surface area contributed by atoms with Gasteiger partial charge in [-0.25, -0.2) is 0 Å². The molecule has 0 saturated carbocycles. The molecule has 3 nitrogen and oxygen atoms in total. The summed E-state index contributed by atoms with van der Waals surface area (Å²) in [6, 6.07) is 0. The van der Waals surface area contributed by atoms with Crippen molar-refractivity contribution in [3.63, 3.8) is 0 Å². The third kappa shape index (κ3) is 8.21. The molecule has 0 bridgehead atoms. The van der Waals surface area contributed by atoms with Crippen LogP contribution < -0.4 is 0 Å². The molecule has 0 amide bonds. The molecule has 0 rings (SSSR count). The summed E-state index contributed by atoms with van der Waals surface area (Å²) in [5.41, 5.74) is 0. The van der Waals surface area contributed by atoms with E-state index in [-0.39, 0.29) is 11.7 Å². The van der Waals surface area contributed by atoms with Gasteiger partial charge < -0.3 is 5.11 Å². The van der Waals surface area contributed by atoms with Gasteiger partial charge in [-0.05, 0) is 38.7 Å². The monoisotopic (exact) mass is 226 g/mol. The van der Waals surface area contributed by atoms with Gasteiger partial charge in [0.05, 0.1) is 5.92 Å². The van der Waals surface area contributed by atoms with E-state index in [0.717, 1.165) is 32.1 Å². The minimum absolute atomic E-state index is 0.0424. The molecule has 0 saturated heterocycles. The minimum atomic E-state index is -0.691. The molecule has 1 N–H and O–H groups in total. The minimum Gasteiger partial charge on any atom is -0.481 e. The average Bonchev–Trinajstić information content (AvgIpc) is 2.21. The van der Waals surface area contributed by atoms with Crippen molar-refractivity contribution in [2.24, 2.45) is 5.92 Å². The Kier molecular flexibility index (Phi) is 8.49. The molecule has 0 aromatic carbocycles. The lowest BCUT2D eigenvalue weighted by molar-refractivity contribution is -0.142. The first-order valence-corrected chi connectivity index (χ1v) is 5.97. The van der Waals surface area contributed by atoms with Crippen LogP contribution in [0.4, 0.5) is 0 Å². The normalized spacial score (nSPS) is 12.9. The Morgan fingerprint density at radius 3 is 2.38 bits per heavy atom. The zero-order valence-electron chi connectivity index (χ0n) is 10.2. The predicted octanol–water partition coefficient (Wildman–Crippen LogP) is 3.19. The molecule has 0 aliphatic rings. The van der Waals surface area contributed by atoms with Crippen LogP contribution in [0.15, 0.2) is 12.2 Å². The van der Waals surface area contributed by atoms with E-state index in [0.29, 0.717) is 6.42 Å². The third-order valence-electron chi connectivity index (χ3n) is 2.53. The number of hydrogen-bond acceptors (Lipinski definition) is 2. The number of unbranched alkanes of at least 4 members (excludes halogenated alkanes) is 2. The molecule has 16 heavy (non-hydrogen) atoms. The summed E-state index contributed by atoms with van der Waals surface area (Å²) in [5, 5.41) is 8.97. The average molecular weight is 226 g/mol. The van der Waals surface area contributed by atoms with Crippen LogP contribution in [0.2, 0.25) is 0 Å². The Bertz CT molecular complexity index is 244. The van der Waals surface area contributed by atoms with Crippen LogP contribution in [0.1, 0.15) is 52.4 Å². The molecule has 92 valence electrons. The maximum atomic E-state index is 10.9.